The number of anilines is 2. The molecule has 1 aromatic rings. The maximum Gasteiger partial charge on any atom is 0.147 e. The predicted octanol–water partition coefficient (Wildman–Crippen LogP) is 2.81. The first-order valence-corrected chi connectivity index (χ1v) is 6.35. The largest absolute Gasteiger partial charge is 0.382 e. The Kier molecular flexibility index (Phi) is 4.31. The molecular weight excluding hydrogens is 261 g/mol. The van der Waals surface area contributed by atoms with Crippen LogP contribution >= 0.6 is 23.2 Å². The Bertz CT molecular complexity index is 395. The Hall–Kier alpha value is -0.710. The lowest BCUT2D eigenvalue weighted by molar-refractivity contribution is 0.185. The summed E-state index contributed by atoms with van der Waals surface area (Å²) in [6.07, 6.45) is 2.17. The molecule has 1 aliphatic rings. The van der Waals surface area contributed by atoms with Gasteiger partial charge in [0, 0.05) is 19.8 Å². The first kappa shape index (κ1) is 12.7. The van der Waals surface area contributed by atoms with E-state index < -0.39 is 0 Å². The second kappa shape index (κ2) is 5.76. The summed E-state index contributed by atoms with van der Waals surface area (Å²) in [5, 5.41) is 4.04. The van der Waals surface area contributed by atoms with E-state index in [1.165, 1.54) is 0 Å². The van der Waals surface area contributed by atoms with Crippen LogP contribution in [0.4, 0.5) is 11.6 Å². The molecule has 1 fully saturated rings. The summed E-state index contributed by atoms with van der Waals surface area (Å²) < 4.78 is 5.31. The van der Waals surface area contributed by atoms with Crippen molar-refractivity contribution in [1.29, 1.82) is 0 Å². The van der Waals surface area contributed by atoms with Gasteiger partial charge in [-0.3, -0.25) is 0 Å². The number of hydrogen-bond donors (Lipinski definition) is 2. The molecule has 0 bridgehead atoms. The zero-order valence-corrected chi connectivity index (χ0v) is 10.9. The van der Waals surface area contributed by atoms with Crippen LogP contribution in [-0.2, 0) is 4.74 Å². The third kappa shape index (κ3) is 3.37. The minimum absolute atomic E-state index is 0.294. The fourth-order valence-corrected chi connectivity index (χ4v) is 2.24. The van der Waals surface area contributed by atoms with E-state index in [9.17, 15) is 0 Å². The molecule has 0 spiro atoms. The normalized spacial score (nSPS) is 19.5. The molecule has 1 aromatic heterocycles. The lowest BCUT2D eigenvalue weighted by atomic mass is 10.1. The van der Waals surface area contributed by atoms with Crippen molar-refractivity contribution < 1.29 is 4.74 Å². The molecule has 6 heteroatoms. The minimum Gasteiger partial charge on any atom is -0.382 e. The first-order chi connectivity index (χ1) is 8.16. The van der Waals surface area contributed by atoms with Crippen LogP contribution in [0.25, 0.3) is 0 Å². The van der Waals surface area contributed by atoms with E-state index in [2.05, 4.69) is 10.3 Å². The molecule has 94 valence electrons. The molecule has 0 aliphatic carbocycles. The lowest BCUT2D eigenvalue weighted by Crippen LogP contribution is -2.10. The maximum absolute atomic E-state index is 6.01. The van der Waals surface area contributed by atoms with Gasteiger partial charge in [0.05, 0.1) is 10.0 Å². The van der Waals surface area contributed by atoms with Crippen LogP contribution in [0.3, 0.4) is 0 Å². The van der Waals surface area contributed by atoms with Crippen LogP contribution in [0, 0.1) is 5.92 Å². The Labute approximate surface area is 110 Å². The van der Waals surface area contributed by atoms with Crippen molar-refractivity contribution >= 4 is 34.8 Å². The van der Waals surface area contributed by atoms with Crippen molar-refractivity contribution in [2.75, 3.05) is 30.8 Å². The molecule has 1 aliphatic heterocycles. The van der Waals surface area contributed by atoms with E-state index in [0.29, 0.717) is 27.6 Å². The Morgan fingerprint density at radius 3 is 3.00 bits per heavy atom. The zero-order chi connectivity index (χ0) is 12.3. The SMILES string of the molecule is Nc1nc(NCCC2CCOC2)c(Cl)cc1Cl. The van der Waals surface area contributed by atoms with Crippen molar-refractivity contribution in [3.63, 3.8) is 0 Å². The van der Waals surface area contributed by atoms with Crippen LogP contribution in [-0.4, -0.2) is 24.7 Å². The fourth-order valence-electron chi connectivity index (χ4n) is 1.81. The molecule has 1 unspecified atom stereocenters. The maximum atomic E-state index is 6.01. The number of ether oxygens (including phenoxy) is 1. The zero-order valence-electron chi connectivity index (χ0n) is 9.38. The Morgan fingerprint density at radius 1 is 1.47 bits per heavy atom. The summed E-state index contributed by atoms with van der Waals surface area (Å²) in [5.41, 5.74) is 5.62. The van der Waals surface area contributed by atoms with Gasteiger partial charge in [0.25, 0.3) is 0 Å². The number of rotatable bonds is 4. The topological polar surface area (TPSA) is 60.2 Å². The van der Waals surface area contributed by atoms with Gasteiger partial charge in [-0.2, -0.15) is 0 Å². The molecule has 1 atom stereocenters. The van der Waals surface area contributed by atoms with E-state index in [1.54, 1.807) is 6.07 Å². The number of nitrogens with two attached hydrogens (primary N) is 1. The summed E-state index contributed by atoms with van der Waals surface area (Å²) >= 11 is 11.8. The molecule has 2 heterocycles. The fraction of sp³-hybridized carbons (Fsp3) is 0.545. The highest BCUT2D eigenvalue weighted by Crippen LogP contribution is 2.27. The molecule has 0 amide bonds. The minimum atomic E-state index is 0.294. The number of pyridine rings is 1. The summed E-state index contributed by atoms with van der Waals surface area (Å²) in [7, 11) is 0. The van der Waals surface area contributed by atoms with Crippen molar-refractivity contribution in [2.45, 2.75) is 12.8 Å². The van der Waals surface area contributed by atoms with Gasteiger partial charge in [-0.25, -0.2) is 4.98 Å². The van der Waals surface area contributed by atoms with Gasteiger partial charge in [0.1, 0.15) is 11.6 Å². The van der Waals surface area contributed by atoms with Gasteiger partial charge < -0.3 is 15.8 Å². The summed E-state index contributed by atoms with van der Waals surface area (Å²) in [5.74, 6) is 1.51. The van der Waals surface area contributed by atoms with Crippen LogP contribution in [0.5, 0.6) is 0 Å². The number of nitrogen functional groups attached to an aromatic ring is 1. The van der Waals surface area contributed by atoms with E-state index in [-0.39, 0.29) is 0 Å². The highest BCUT2D eigenvalue weighted by molar-refractivity contribution is 6.37. The molecule has 0 radical (unpaired) electrons. The van der Waals surface area contributed by atoms with Crippen LogP contribution in [0.2, 0.25) is 10.0 Å². The van der Waals surface area contributed by atoms with Crippen molar-refractivity contribution in [1.82, 2.24) is 4.98 Å². The van der Waals surface area contributed by atoms with E-state index in [1.807, 2.05) is 0 Å². The Balaban J connectivity index is 1.87. The monoisotopic (exact) mass is 275 g/mol. The van der Waals surface area contributed by atoms with E-state index >= 15 is 0 Å². The van der Waals surface area contributed by atoms with Crippen molar-refractivity contribution in [3.8, 4) is 0 Å². The van der Waals surface area contributed by atoms with Gasteiger partial charge in [-0.1, -0.05) is 23.2 Å². The average molecular weight is 276 g/mol. The quantitative estimate of drug-likeness (QED) is 0.887. The van der Waals surface area contributed by atoms with Gasteiger partial charge >= 0.3 is 0 Å². The number of hydrogen-bond acceptors (Lipinski definition) is 4. The van der Waals surface area contributed by atoms with Crippen LogP contribution in [0.1, 0.15) is 12.8 Å². The molecule has 0 aromatic carbocycles. The summed E-state index contributed by atoms with van der Waals surface area (Å²) in [6, 6.07) is 1.60. The first-order valence-electron chi connectivity index (χ1n) is 5.60. The predicted molar refractivity (Wildman–Crippen MR) is 70.7 cm³/mol. The molecular formula is C11H15Cl2N3O. The van der Waals surface area contributed by atoms with Gasteiger partial charge in [0.2, 0.25) is 0 Å². The second-order valence-corrected chi connectivity index (χ2v) is 4.95. The Morgan fingerprint density at radius 2 is 2.29 bits per heavy atom. The summed E-state index contributed by atoms with van der Waals surface area (Å²) in [6.45, 7) is 2.53. The molecule has 2 rings (SSSR count). The third-order valence-corrected chi connectivity index (χ3v) is 3.42. The number of nitrogens with one attached hydrogen (secondary N) is 1. The van der Waals surface area contributed by atoms with Gasteiger partial charge in [-0.05, 0) is 24.8 Å². The third-order valence-electron chi connectivity index (χ3n) is 2.83. The smallest absolute Gasteiger partial charge is 0.147 e. The number of aromatic nitrogens is 1. The standard InChI is InChI=1S/C11H15Cl2N3O/c12-8-5-9(13)11(16-10(8)14)15-3-1-7-2-4-17-6-7/h5,7H,1-4,6H2,(H3,14,15,16). The molecule has 3 N–H and O–H groups in total. The molecule has 1 saturated heterocycles. The lowest BCUT2D eigenvalue weighted by Gasteiger charge is -2.11. The summed E-state index contributed by atoms with van der Waals surface area (Å²) in [4.78, 5) is 4.11. The van der Waals surface area contributed by atoms with E-state index in [0.717, 1.165) is 32.6 Å². The second-order valence-electron chi connectivity index (χ2n) is 4.13. The van der Waals surface area contributed by atoms with Crippen LogP contribution < -0.4 is 11.1 Å². The molecule has 17 heavy (non-hydrogen) atoms. The highest BCUT2D eigenvalue weighted by atomic mass is 35.5. The van der Waals surface area contributed by atoms with Crippen molar-refractivity contribution in [3.05, 3.63) is 16.1 Å². The van der Waals surface area contributed by atoms with Gasteiger partial charge in [-0.15, -0.1) is 0 Å². The van der Waals surface area contributed by atoms with Crippen molar-refractivity contribution in [2.24, 2.45) is 5.92 Å². The van der Waals surface area contributed by atoms with Gasteiger partial charge in [0.15, 0.2) is 0 Å². The highest BCUT2D eigenvalue weighted by Gasteiger charge is 2.15. The van der Waals surface area contributed by atoms with E-state index in [4.69, 9.17) is 33.7 Å². The molecule has 0 saturated carbocycles. The number of halogens is 2. The average Bonchev–Trinajstić information content (AvgIpc) is 2.78. The van der Waals surface area contributed by atoms with Crippen LogP contribution in [0.15, 0.2) is 6.07 Å². The molecule has 4 nitrogen and oxygen atoms in total. The number of nitrogens with zero attached hydrogens (tertiary/aromatic N) is 1.